The van der Waals surface area contributed by atoms with Crippen LogP contribution in [0.3, 0.4) is 0 Å². The van der Waals surface area contributed by atoms with Crippen LogP contribution in [0.4, 0.5) is 0 Å². The molecule has 0 aliphatic heterocycles. The van der Waals surface area contributed by atoms with Crippen molar-refractivity contribution in [2.45, 2.75) is 18.9 Å². The molecule has 8 heteroatoms. The van der Waals surface area contributed by atoms with Crippen LogP contribution in [0, 0.1) is 0 Å². The van der Waals surface area contributed by atoms with E-state index in [1.807, 2.05) is 29.6 Å². The minimum Gasteiger partial charge on any atom is -0.507 e. The van der Waals surface area contributed by atoms with Crippen LogP contribution in [0.2, 0.25) is 0 Å². The summed E-state index contributed by atoms with van der Waals surface area (Å²) in [6, 6.07) is 12.9. The Balaban J connectivity index is 1.83. The lowest BCUT2D eigenvalue weighted by Crippen LogP contribution is -2.14. The molecule has 1 aliphatic rings. The van der Waals surface area contributed by atoms with Crippen LogP contribution in [-0.4, -0.2) is 27.9 Å². The Bertz CT molecular complexity index is 1150. The fourth-order valence-electron chi connectivity index (χ4n) is 2.65. The van der Waals surface area contributed by atoms with Gasteiger partial charge in [-0.15, -0.1) is 11.3 Å². The van der Waals surface area contributed by atoms with Gasteiger partial charge in [0, 0.05) is 21.0 Å². The van der Waals surface area contributed by atoms with Gasteiger partial charge < -0.3 is 10.8 Å². The lowest BCUT2D eigenvalue weighted by atomic mass is 10.1. The summed E-state index contributed by atoms with van der Waals surface area (Å²) in [6.45, 7) is 0. The number of aromatic nitrogens is 1. The number of nitrogens with two attached hydrogens (primary N) is 1. The molecule has 2 aromatic carbocycles. The van der Waals surface area contributed by atoms with E-state index in [0.717, 1.165) is 38.9 Å². The zero-order valence-electron chi connectivity index (χ0n) is 14.7. The number of rotatable bonds is 5. The molecule has 3 aromatic rings. The number of aromatic hydroxyl groups is 1. The molecule has 4 rings (SSSR count). The number of nitrogens with zero attached hydrogens (tertiary/aromatic N) is 3. The van der Waals surface area contributed by atoms with Crippen molar-refractivity contribution < 1.29 is 9.90 Å². The summed E-state index contributed by atoms with van der Waals surface area (Å²) < 4.78 is 2.71. The van der Waals surface area contributed by atoms with Crippen molar-refractivity contribution in [3.63, 3.8) is 0 Å². The van der Waals surface area contributed by atoms with E-state index in [1.54, 1.807) is 23.0 Å². The minimum absolute atomic E-state index is 0.0747. The Hall–Kier alpha value is -2.71. The van der Waals surface area contributed by atoms with E-state index < -0.39 is 5.91 Å². The average molecular weight is 457 g/mol. The van der Waals surface area contributed by atoms with Crippen LogP contribution in [0.5, 0.6) is 5.75 Å². The molecule has 0 radical (unpaired) electrons. The second-order valence-corrected chi connectivity index (χ2v) is 8.13. The standard InChI is InChI=1S/C20H17BrN4O2S/c21-16-4-2-1-3-13(16)10-23-25-17(11-28-20(25)24-14-6-7-14)12-5-8-18(26)15(9-12)19(22)27/h1-5,8-11,14,26H,6-7H2,(H2,22,27)/b23-10+,24-20?. The first kappa shape index (κ1) is 18.6. The zero-order chi connectivity index (χ0) is 19.7. The van der Waals surface area contributed by atoms with Crippen molar-refractivity contribution in [3.05, 3.63) is 68.2 Å². The van der Waals surface area contributed by atoms with E-state index >= 15 is 0 Å². The molecule has 1 saturated carbocycles. The van der Waals surface area contributed by atoms with E-state index in [1.165, 1.54) is 17.4 Å². The normalized spacial score (nSPS) is 14.7. The van der Waals surface area contributed by atoms with Gasteiger partial charge >= 0.3 is 0 Å². The molecule has 142 valence electrons. The number of amides is 1. The van der Waals surface area contributed by atoms with Gasteiger partial charge in [-0.05, 0) is 37.1 Å². The number of carbonyl (C=O) groups is 1. The first-order valence-electron chi connectivity index (χ1n) is 8.69. The van der Waals surface area contributed by atoms with Gasteiger partial charge in [0.25, 0.3) is 5.91 Å². The summed E-state index contributed by atoms with van der Waals surface area (Å²) in [5, 5.41) is 16.5. The predicted octanol–water partition coefficient (Wildman–Crippen LogP) is 3.73. The van der Waals surface area contributed by atoms with Crippen LogP contribution < -0.4 is 10.5 Å². The molecule has 0 spiro atoms. The van der Waals surface area contributed by atoms with E-state index in [4.69, 9.17) is 10.7 Å². The number of benzene rings is 2. The van der Waals surface area contributed by atoms with Crippen LogP contribution >= 0.6 is 27.3 Å². The maximum absolute atomic E-state index is 11.6. The Kier molecular flexibility index (Phi) is 5.15. The van der Waals surface area contributed by atoms with Gasteiger partial charge in [-0.2, -0.15) is 5.10 Å². The highest BCUT2D eigenvalue weighted by atomic mass is 79.9. The van der Waals surface area contributed by atoms with Gasteiger partial charge in [0.2, 0.25) is 4.80 Å². The molecule has 3 N–H and O–H groups in total. The number of carbonyl (C=O) groups excluding carboxylic acids is 1. The fraction of sp³-hybridized carbons (Fsp3) is 0.150. The maximum atomic E-state index is 11.6. The zero-order valence-corrected chi connectivity index (χ0v) is 17.2. The Morgan fingerprint density at radius 2 is 2.07 bits per heavy atom. The predicted molar refractivity (Wildman–Crippen MR) is 114 cm³/mol. The maximum Gasteiger partial charge on any atom is 0.252 e. The summed E-state index contributed by atoms with van der Waals surface area (Å²) >= 11 is 5.02. The molecule has 0 unspecified atom stereocenters. The first-order valence-corrected chi connectivity index (χ1v) is 10.4. The number of hydrogen-bond donors (Lipinski definition) is 2. The van der Waals surface area contributed by atoms with Crippen molar-refractivity contribution in [2.24, 2.45) is 15.8 Å². The highest BCUT2D eigenvalue weighted by Crippen LogP contribution is 2.27. The van der Waals surface area contributed by atoms with Gasteiger partial charge in [-0.3, -0.25) is 9.79 Å². The quantitative estimate of drug-likeness (QED) is 0.572. The molecule has 0 atom stereocenters. The smallest absolute Gasteiger partial charge is 0.252 e. The Morgan fingerprint density at radius 1 is 1.29 bits per heavy atom. The molecule has 1 heterocycles. The number of thiazole rings is 1. The molecular weight excluding hydrogens is 440 g/mol. The summed E-state index contributed by atoms with van der Waals surface area (Å²) in [7, 11) is 0. The summed E-state index contributed by atoms with van der Waals surface area (Å²) in [4.78, 5) is 17.1. The van der Waals surface area contributed by atoms with Crippen LogP contribution in [0.25, 0.3) is 11.3 Å². The van der Waals surface area contributed by atoms with Crippen molar-refractivity contribution in [1.82, 2.24) is 4.68 Å². The monoisotopic (exact) mass is 456 g/mol. The third-order valence-electron chi connectivity index (χ3n) is 4.30. The van der Waals surface area contributed by atoms with E-state index in [9.17, 15) is 9.90 Å². The number of primary amides is 1. The number of phenols is 1. The molecular formula is C20H17BrN4O2S. The van der Waals surface area contributed by atoms with Crippen molar-refractivity contribution >= 4 is 39.4 Å². The first-order chi connectivity index (χ1) is 13.5. The second kappa shape index (κ2) is 7.73. The van der Waals surface area contributed by atoms with Gasteiger partial charge in [0.05, 0.1) is 23.5 Å². The van der Waals surface area contributed by atoms with E-state index in [-0.39, 0.29) is 11.3 Å². The molecule has 0 saturated heterocycles. The number of hydrogen-bond acceptors (Lipinski definition) is 5. The summed E-state index contributed by atoms with van der Waals surface area (Å²) in [5.74, 6) is -0.821. The molecule has 1 amide bonds. The molecule has 1 aromatic heterocycles. The van der Waals surface area contributed by atoms with Crippen molar-refractivity contribution in [1.29, 1.82) is 0 Å². The SMILES string of the molecule is NC(=O)c1cc(-c2csc(=NC3CC3)n2/N=C/c2ccccc2Br)ccc1O. The van der Waals surface area contributed by atoms with Crippen LogP contribution in [0.15, 0.2) is 62.4 Å². The average Bonchev–Trinajstić information content (AvgIpc) is 3.40. The third-order valence-corrected chi connectivity index (χ3v) is 5.85. The largest absolute Gasteiger partial charge is 0.507 e. The molecule has 1 aliphatic carbocycles. The molecule has 0 bridgehead atoms. The van der Waals surface area contributed by atoms with Crippen LogP contribution in [0.1, 0.15) is 28.8 Å². The minimum atomic E-state index is -0.680. The third kappa shape index (κ3) is 3.93. The second-order valence-electron chi connectivity index (χ2n) is 6.44. The summed E-state index contributed by atoms with van der Waals surface area (Å²) in [6.07, 6.45) is 3.94. The van der Waals surface area contributed by atoms with E-state index in [2.05, 4.69) is 21.0 Å². The van der Waals surface area contributed by atoms with Crippen molar-refractivity contribution in [2.75, 3.05) is 0 Å². The van der Waals surface area contributed by atoms with Gasteiger partial charge in [0.15, 0.2) is 0 Å². The lowest BCUT2D eigenvalue weighted by Gasteiger charge is -2.07. The fourth-order valence-corrected chi connectivity index (χ4v) is 3.95. The molecule has 1 fully saturated rings. The van der Waals surface area contributed by atoms with E-state index in [0.29, 0.717) is 6.04 Å². The number of halogens is 1. The van der Waals surface area contributed by atoms with Crippen molar-refractivity contribution in [3.8, 4) is 17.0 Å². The van der Waals surface area contributed by atoms with Crippen LogP contribution in [-0.2, 0) is 0 Å². The Morgan fingerprint density at radius 3 is 2.79 bits per heavy atom. The summed E-state index contributed by atoms with van der Waals surface area (Å²) in [5.41, 5.74) is 7.89. The van der Waals surface area contributed by atoms with Gasteiger partial charge in [-0.1, -0.05) is 34.1 Å². The highest BCUT2D eigenvalue weighted by molar-refractivity contribution is 9.10. The van der Waals surface area contributed by atoms with Gasteiger partial charge in [-0.25, -0.2) is 4.68 Å². The topological polar surface area (TPSA) is 93.0 Å². The highest BCUT2D eigenvalue weighted by Gasteiger charge is 2.21. The Labute approximate surface area is 173 Å². The molecule has 28 heavy (non-hydrogen) atoms. The lowest BCUT2D eigenvalue weighted by molar-refractivity contribution is 0.0998. The molecule has 6 nitrogen and oxygen atoms in total. The van der Waals surface area contributed by atoms with Gasteiger partial charge in [0.1, 0.15) is 5.75 Å².